The molecule has 0 heterocycles. The summed E-state index contributed by atoms with van der Waals surface area (Å²) in [6.45, 7) is 4.10. The van der Waals surface area contributed by atoms with Crippen molar-refractivity contribution in [1.29, 1.82) is 0 Å². The number of aryl methyl sites for hydroxylation is 1. The molecule has 0 saturated carbocycles. The maximum atomic E-state index is 11.7. The third kappa shape index (κ3) is 4.37. The lowest BCUT2D eigenvalue weighted by Gasteiger charge is -2.10. The highest BCUT2D eigenvalue weighted by Crippen LogP contribution is 2.20. The van der Waals surface area contributed by atoms with Gasteiger partial charge in [-0.25, -0.2) is 4.79 Å². The van der Waals surface area contributed by atoms with E-state index in [4.69, 9.17) is 9.84 Å². The number of hydrogen-bond donors (Lipinski definition) is 2. The first kappa shape index (κ1) is 15.2. The number of anilines is 1. The van der Waals surface area contributed by atoms with Gasteiger partial charge in [-0.05, 0) is 43.5 Å². The average Bonchev–Trinajstić information content (AvgIpc) is 2.33. The van der Waals surface area contributed by atoms with Crippen molar-refractivity contribution in [3.63, 3.8) is 0 Å². The monoisotopic (exact) mass is 265 g/mol. The Hall–Kier alpha value is -1.88. The minimum absolute atomic E-state index is 0.142. The highest BCUT2D eigenvalue weighted by Gasteiger charge is 2.12. The molecule has 0 unspecified atom stereocenters. The van der Waals surface area contributed by atoms with E-state index in [-0.39, 0.29) is 11.5 Å². The maximum absolute atomic E-state index is 11.7. The fraction of sp³-hybridized carbons (Fsp3) is 0.429. The molecular formula is C14H19NO4. The van der Waals surface area contributed by atoms with E-state index in [9.17, 15) is 9.59 Å². The first-order valence-corrected chi connectivity index (χ1v) is 6.09. The summed E-state index contributed by atoms with van der Waals surface area (Å²) in [6, 6.07) is 3.26. The van der Waals surface area contributed by atoms with Crippen molar-refractivity contribution in [2.75, 3.05) is 19.0 Å². The Kier molecular flexibility index (Phi) is 5.51. The van der Waals surface area contributed by atoms with E-state index in [0.717, 1.165) is 5.56 Å². The van der Waals surface area contributed by atoms with Crippen molar-refractivity contribution < 1.29 is 19.4 Å². The van der Waals surface area contributed by atoms with Gasteiger partial charge in [0.15, 0.2) is 0 Å². The second-order valence-corrected chi connectivity index (χ2v) is 4.42. The lowest BCUT2D eigenvalue weighted by Crippen LogP contribution is -2.13. The number of ether oxygens (including phenoxy) is 1. The number of amides is 1. The molecule has 0 radical (unpaired) electrons. The number of hydrogen-bond acceptors (Lipinski definition) is 3. The van der Waals surface area contributed by atoms with Gasteiger partial charge in [-0.3, -0.25) is 4.79 Å². The Morgan fingerprint density at radius 3 is 2.58 bits per heavy atom. The van der Waals surface area contributed by atoms with Crippen molar-refractivity contribution in [1.82, 2.24) is 0 Å². The molecule has 1 amide bonds. The third-order valence-corrected chi connectivity index (χ3v) is 2.93. The molecule has 0 atom stereocenters. The van der Waals surface area contributed by atoms with Crippen molar-refractivity contribution in [3.05, 3.63) is 28.8 Å². The van der Waals surface area contributed by atoms with Gasteiger partial charge in [0.05, 0.1) is 5.56 Å². The van der Waals surface area contributed by atoms with Crippen LogP contribution in [0.2, 0.25) is 0 Å². The van der Waals surface area contributed by atoms with Gasteiger partial charge >= 0.3 is 5.97 Å². The highest BCUT2D eigenvalue weighted by atomic mass is 16.5. The Labute approximate surface area is 112 Å². The zero-order valence-electron chi connectivity index (χ0n) is 11.4. The largest absolute Gasteiger partial charge is 0.478 e. The van der Waals surface area contributed by atoms with Crippen LogP contribution in [0.1, 0.15) is 34.3 Å². The quantitative estimate of drug-likeness (QED) is 0.774. The van der Waals surface area contributed by atoms with E-state index in [1.165, 1.54) is 6.07 Å². The molecule has 0 aliphatic rings. The Morgan fingerprint density at radius 2 is 2.00 bits per heavy atom. The number of aromatic carboxylic acids is 1. The summed E-state index contributed by atoms with van der Waals surface area (Å²) in [7, 11) is 1.58. The smallest absolute Gasteiger partial charge is 0.336 e. The van der Waals surface area contributed by atoms with Crippen molar-refractivity contribution in [2.45, 2.75) is 26.7 Å². The highest BCUT2D eigenvalue weighted by molar-refractivity contribution is 5.95. The molecule has 0 spiro atoms. The fourth-order valence-electron chi connectivity index (χ4n) is 1.75. The van der Waals surface area contributed by atoms with Crippen LogP contribution < -0.4 is 5.32 Å². The summed E-state index contributed by atoms with van der Waals surface area (Å²) >= 11 is 0. The molecule has 0 aromatic heterocycles. The van der Waals surface area contributed by atoms with Gasteiger partial charge in [-0.2, -0.15) is 0 Å². The molecule has 0 saturated heterocycles. The predicted molar refractivity (Wildman–Crippen MR) is 72.6 cm³/mol. The van der Waals surface area contributed by atoms with Crippen LogP contribution in [0.15, 0.2) is 12.1 Å². The van der Waals surface area contributed by atoms with Crippen LogP contribution in [0.25, 0.3) is 0 Å². The van der Waals surface area contributed by atoms with E-state index in [1.807, 2.05) is 6.92 Å². The fourth-order valence-corrected chi connectivity index (χ4v) is 1.75. The molecule has 0 aliphatic heterocycles. The molecule has 104 valence electrons. The van der Waals surface area contributed by atoms with Crippen molar-refractivity contribution in [3.8, 4) is 0 Å². The van der Waals surface area contributed by atoms with Gasteiger partial charge in [0, 0.05) is 25.8 Å². The maximum Gasteiger partial charge on any atom is 0.336 e. The second-order valence-electron chi connectivity index (χ2n) is 4.42. The number of nitrogens with one attached hydrogen (secondary N) is 1. The van der Waals surface area contributed by atoms with Crippen LogP contribution in [0.5, 0.6) is 0 Å². The van der Waals surface area contributed by atoms with E-state index < -0.39 is 5.97 Å². The standard InChI is InChI=1S/C14H19NO4/c1-9-7-11(8-12(10(9)2)14(17)18)15-13(16)5-4-6-19-3/h7-8H,4-6H2,1-3H3,(H,15,16)(H,17,18). The Balaban J connectivity index is 2.79. The number of rotatable bonds is 6. The Bertz CT molecular complexity index is 483. The Morgan fingerprint density at radius 1 is 1.32 bits per heavy atom. The minimum Gasteiger partial charge on any atom is -0.478 e. The summed E-state index contributed by atoms with van der Waals surface area (Å²) in [5.74, 6) is -1.13. The molecule has 0 bridgehead atoms. The van der Waals surface area contributed by atoms with E-state index in [1.54, 1.807) is 20.1 Å². The molecule has 1 aromatic rings. The number of carbonyl (C=O) groups is 2. The third-order valence-electron chi connectivity index (χ3n) is 2.93. The number of carbonyl (C=O) groups excluding carboxylic acids is 1. The number of methoxy groups -OCH3 is 1. The second kappa shape index (κ2) is 6.89. The summed E-state index contributed by atoms with van der Waals surface area (Å²) in [4.78, 5) is 22.7. The zero-order valence-corrected chi connectivity index (χ0v) is 11.4. The van der Waals surface area contributed by atoms with Crippen LogP contribution >= 0.6 is 0 Å². The normalized spacial score (nSPS) is 10.3. The van der Waals surface area contributed by atoms with Gasteiger partial charge in [0.25, 0.3) is 0 Å². The topological polar surface area (TPSA) is 75.6 Å². The molecule has 5 heteroatoms. The summed E-state index contributed by atoms with van der Waals surface area (Å²) in [6.07, 6.45) is 0.988. The lowest BCUT2D eigenvalue weighted by atomic mass is 10.0. The van der Waals surface area contributed by atoms with Gasteiger partial charge in [0.2, 0.25) is 5.91 Å². The number of carboxylic acids is 1. The average molecular weight is 265 g/mol. The lowest BCUT2D eigenvalue weighted by molar-refractivity contribution is -0.116. The van der Waals surface area contributed by atoms with Gasteiger partial charge in [-0.15, -0.1) is 0 Å². The first-order valence-electron chi connectivity index (χ1n) is 6.09. The van der Waals surface area contributed by atoms with Crippen LogP contribution in [-0.4, -0.2) is 30.7 Å². The summed E-state index contributed by atoms with van der Waals surface area (Å²) < 4.78 is 4.87. The number of benzene rings is 1. The molecule has 19 heavy (non-hydrogen) atoms. The first-order chi connectivity index (χ1) is 8.95. The van der Waals surface area contributed by atoms with Gasteiger partial charge < -0.3 is 15.2 Å². The van der Waals surface area contributed by atoms with Gasteiger partial charge in [-0.1, -0.05) is 0 Å². The van der Waals surface area contributed by atoms with Crippen LogP contribution in [-0.2, 0) is 9.53 Å². The van der Waals surface area contributed by atoms with Crippen molar-refractivity contribution >= 4 is 17.6 Å². The molecule has 0 aliphatic carbocycles. The molecule has 5 nitrogen and oxygen atoms in total. The molecule has 2 N–H and O–H groups in total. The predicted octanol–water partition coefficient (Wildman–Crippen LogP) is 2.37. The molecule has 0 fully saturated rings. The SMILES string of the molecule is COCCCC(=O)Nc1cc(C)c(C)c(C(=O)O)c1. The minimum atomic E-state index is -0.990. The van der Waals surface area contributed by atoms with E-state index in [0.29, 0.717) is 30.7 Å². The van der Waals surface area contributed by atoms with Crippen LogP contribution in [0, 0.1) is 13.8 Å². The number of carboxylic acid groups (broad SMARTS) is 1. The summed E-state index contributed by atoms with van der Waals surface area (Å²) in [5, 5.41) is 11.8. The van der Waals surface area contributed by atoms with E-state index in [2.05, 4.69) is 5.32 Å². The van der Waals surface area contributed by atoms with E-state index >= 15 is 0 Å². The van der Waals surface area contributed by atoms with Crippen LogP contribution in [0.3, 0.4) is 0 Å². The molecule has 1 rings (SSSR count). The molecule has 1 aromatic carbocycles. The van der Waals surface area contributed by atoms with Crippen molar-refractivity contribution in [2.24, 2.45) is 0 Å². The van der Waals surface area contributed by atoms with Gasteiger partial charge in [0.1, 0.15) is 0 Å². The summed E-state index contributed by atoms with van der Waals surface area (Å²) in [5.41, 5.74) is 2.28. The zero-order chi connectivity index (χ0) is 14.4. The molecular weight excluding hydrogens is 246 g/mol. The van der Waals surface area contributed by atoms with Crippen LogP contribution in [0.4, 0.5) is 5.69 Å².